The van der Waals surface area contributed by atoms with E-state index in [4.69, 9.17) is 4.84 Å². The second kappa shape index (κ2) is 7.02. The van der Waals surface area contributed by atoms with Crippen LogP contribution in [0, 0.1) is 0 Å². The van der Waals surface area contributed by atoms with E-state index in [9.17, 15) is 9.59 Å². The maximum atomic E-state index is 12.6. The lowest BCUT2D eigenvalue weighted by Gasteiger charge is -2.32. The molecule has 0 saturated carbocycles. The number of carbonyl (C=O) groups excluding carboxylic acids is 1. The lowest BCUT2D eigenvalue weighted by molar-refractivity contribution is -0.143. The molecule has 4 rings (SSSR count). The molecule has 1 amide bonds. The van der Waals surface area contributed by atoms with Gasteiger partial charge in [-0.25, -0.2) is 14.0 Å². The molecule has 1 aromatic heterocycles. The first-order chi connectivity index (χ1) is 13.0. The number of aryl methyl sites for hydroxylation is 1. The van der Waals surface area contributed by atoms with Crippen molar-refractivity contribution in [1.82, 2.24) is 19.2 Å². The smallest absolute Gasteiger partial charge is 0.350 e. The highest BCUT2D eigenvalue weighted by Gasteiger charge is 2.34. The number of piperidine rings is 1. The number of nitrogens with zero attached hydrogens (tertiary/aromatic N) is 5. The van der Waals surface area contributed by atoms with E-state index in [1.165, 1.54) is 4.68 Å². The molecule has 1 aromatic carbocycles. The van der Waals surface area contributed by atoms with Crippen LogP contribution in [-0.4, -0.2) is 50.1 Å². The molecule has 8 heteroatoms. The summed E-state index contributed by atoms with van der Waals surface area (Å²) in [6.45, 7) is 3.12. The van der Waals surface area contributed by atoms with Crippen LogP contribution in [0.1, 0.15) is 37.9 Å². The fraction of sp³-hybridized carbons (Fsp3) is 0.474. The largest absolute Gasteiger partial charge is 0.382 e. The number of hydrogen-bond acceptors (Lipinski definition) is 5. The van der Waals surface area contributed by atoms with Gasteiger partial charge in [-0.1, -0.05) is 23.4 Å². The van der Waals surface area contributed by atoms with Gasteiger partial charge in [0.25, 0.3) is 5.91 Å². The maximum Gasteiger partial charge on any atom is 0.350 e. The molecular weight excluding hydrogens is 346 g/mol. The van der Waals surface area contributed by atoms with Crippen LogP contribution < -0.4 is 5.69 Å². The third kappa shape index (κ3) is 3.27. The highest BCUT2D eigenvalue weighted by Crippen LogP contribution is 2.28. The van der Waals surface area contributed by atoms with Crippen LogP contribution >= 0.6 is 0 Å². The molecule has 0 unspecified atom stereocenters. The Balaban J connectivity index is 1.50. The Morgan fingerprint density at radius 2 is 1.89 bits per heavy atom. The molecule has 0 radical (unpaired) electrons. The van der Waals surface area contributed by atoms with Gasteiger partial charge in [0.1, 0.15) is 5.82 Å². The van der Waals surface area contributed by atoms with Crippen LogP contribution in [0.25, 0.3) is 5.69 Å². The molecule has 8 nitrogen and oxygen atoms in total. The molecule has 0 spiro atoms. The van der Waals surface area contributed by atoms with E-state index >= 15 is 0 Å². The minimum absolute atomic E-state index is 0.00415. The standard InChI is InChI=1S/C19H23N5O3/c1-13-12-16(27-21-13)18(25)23-10-8-14(9-11-23)17-20-22(2)19(26)24(17)15-6-4-3-5-7-15/h3-7,14,16H,8-12H2,1-2H3/t16-/m1/s1. The molecule has 1 fully saturated rings. The normalized spacial score (nSPS) is 20.4. The number of oxime groups is 1. The Bertz CT molecular complexity index is 923. The molecule has 2 aromatic rings. The minimum Gasteiger partial charge on any atom is -0.382 e. The molecular formula is C19H23N5O3. The van der Waals surface area contributed by atoms with E-state index in [1.807, 2.05) is 42.2 Å². The van der Waals surface area contributed by atoms with E-state index in [0.29, 0.717) is 19.5 Å². The van der Waals surface area contributed by atoms with Crippen molar-refractivity contribution < 1.29 is 9.63 Å². The molecule has 0 bridgehead atoms. The number of likely N-dealkylation sites (tertiary alicyclic amines) is 1. The number of carbonyl (C=O) groups is 1. The van der Waals surface area contributed by atoms with E-state index in [1.54, 1.807) is 11.6 Å². The van der Waals surface area contributed by atoms with Gasteiger partial charge in [-0.3, -0.25) is 4.79 Å². The summed E-state index contributed by atoms with van der Waals surface area (Å²) in [4.78, 5) is 32.2. The Morgan fingerprint density at radius 3 is 2.52 bits per heavy atom. The van der Waals surface area contributed by atoms with Crippen molar-refractivity contribution in [3.05, 3.63) is 46.6 Å². The Hall–Kier alpha value is -2.90. The summed E-state index contributed by atoms with van der Waals surface area (Å²) in [5, 5.41) is 8.36. The summed E-state index contributed by atoms with van der Waals surface area (Å²) in [5.41, 5.74) is 1.52. The summed E-state index contributed by atoms with van der Waals surface area (Å²) >= 11 is 0. The van der Waals surface area contributed by atoms with Crippen LogP contribution in [0.4, 0.5) is 0 Å². The third-order valence-corrected chi connectivity index (χ3v) is 5.23. The van der Waals surface area contributed by atoms with Gasteiger partial charge in [0.15, 0.2) is 0 Å². The maximum absolute atomic E-state index is 12.6. The van der Waals surface area contributed by atoms with Crippen molar-refractivity contribution in [3.63, 3.8) is 0 Å². The molecule has 2 aliphatic rings. The molecule has 27 heavy (non-hydrogen) atoms. The first kappa shape index (κ1) is 17.5. The van der Waals surface area contributed by atoms with Crippen LogP contribution in [0.5, 0.6) is 0 Å². The van der Waals surface area contributed by atoms with Crippen LogP contribution in [0.2, 0.25) is 0 Å². The zero-order valence-corrected chi connectivity index (χ0v) is 15.5. The van der Waals surface area contributed by atoms with Gasteiger partial charge in [0.2, 0.25) is 6.10 Å². The van der Waals surface area contributed by atoms with Crippen LogP contribution in [0.3, 0.4) is 0 Å². The zero-order valence-electron chi connectivity index (χ0n) is 15.5. The number of para-hydroxylation sites is 1. The summed E-state index contributed by atoms with van der Waals surface area (Å²) < 4.78 is 3.06. The highest BCUT2D eigenvalue weighted by molar-refractivity contribution is 5.91. The molecule has 2 aliphatic heterocycles. The Labute approximate surface area is 157 Å². The average molecular weight is 369 g/mol. The lowest BCUT2D eigenvalue weighted by atomic mass is 9.95. The summed E-state index contributed by atoms with van der Waals surface area (Å²) in [7, 11) is 1.67. The van der Waals surface area contributed by atoms with Gasteiger partial charge in [-0.05, 0) is 31.9 Å². The van der Waals surface area contributed by atoms with Crippen molar-refractivity contribution in [3.8, 4) is 5.69 Å². The summed E-state index contributed by atoms with van der Waals surface area (Å²) in [6.07, 6.45) is 1.61. The van der Waals surface area contributed by atoms with Gasteiger partial charge >= 0.3 is 5.69 Å². The second-order valence-electron chi connectivity index (χ2n) is 7.16. The van der Waals surface area contributed by atoms with Crippen molar-refractivity contribution in [2.75, 3.05) is 13.1 Å². The first-order valence-corrected chi connectivity index (χ1v) is 9.24. The van der Waals surface area contributed by atoms with E-state index in [2.05, 4.69) is 10.3 Å². The van der Waals surface area contributed by atoms with Crippen LogP contribution in [0.15, 0.2) is 40.3 Å². The average Bonchev–Trinajstić information content (AvgIpc) is 3.26. The van der Waals surface area contributed by atoms with E-state index in [0.717, 1.165) is 30.1 Å². The summed E-state index contributed by atoms with van der Waals surface area (Å²) in [6, 6.07) is 9.55. The minimum atomic E-state index is -0.487. The zero-order chi connectivity index (χ0) is 19.0. The Kier molecular flexibility index (Phi) is 4.55. The predicted molar refractivity (Wildman–Crippen MR) is 100.0 cm³/mol. The van der Waals surface area contributed by atoms with Crippen molar-refractivity contribution in [1.29, 1.82) is 0 Å². The summed E-state index contributed by atoms with van der Waals surface area (Å²) in [5.74, 6) is 0.887. The topological polar surface area (TPSA) is 81.7 Å². The van der Waals surface area contributed by atoms with Crippen LogP contribution in [-0.2, 0) is 16.7 Å². The number of rotatable bonds is 3. The number of amides is 1. The number of hydrogen-bond donors (Lipinski definition) is 0. The molecule has 1 atom stereocenters. The fourth-order valence-electron chi connectivity index (χ4n) is 3.76. The molecule has 3 heterocycles. The SMILES string of the molecule is CC1=NO[C@@H](C(=O)N2CCC(c3nn(C)c(=O)n3-c3ccccc3)CC2)C1. The lowest BCUT2D eigenvalue weighted by Crippen LogP contribution is -2.43. The monoisotopic (exact) mass is 369 g/mol. The molecule has 1 saturated heterocycles. The fourth-order valence-corrected chi connectivity index (χ4v) is 3.76. The third-order valence-electron chi connectivity index (χ3n) is 5.23. The predicted octanol–water partition coefficient (Wildman–Crippen LogP) is 1.44. The number of benzene rings is 1. The van der Waals surface area contributed by atoms with Gasteiger partial charge < -0.3 is 9.74 Å². The van der Waals surface area contributed by atoms with Gasteiger partial charge in [0, 0.05) is 32.5 Å². The molecule has 0 N–H and O–H groups in total. The van der Waals surface area contributed by atoms with Crippen molar-refractivity contribution >= 4 is 11.6 Å². The first-order valence-electron chi connectivity index (χ1n) is 9.24. The Morgan fingerprint density at radius 1 is 1.19 bits per heavy atom. The van der Waals surface area contributed by atoms with Gasteiger partial charge in [0.05, 0.1) is 11.4 Å². The quantitative estimate of drug-likeness (QED) is 0.820. The highest BCUT2D eigenvalue weighted by atomic mass is 16.6. The molecule has 142 valence electrons. The number of aromatic nitrogens is 3. The van der Waals surface area contributed by atoms with Crippen molar-refractivity contribution in [2.24, 2.45) is 12.2 Å². The van der Waals surface area contributed by atoms with Gasteiger partial charge in [-0.15, -0.1) is 0 Å². The van der Waals surface area contributed by atoms with Gasteiger partial charge in [-0.2, -0.15) is 5.10 Å². The van der Waals surface area contributed by atoms with E-state index in [-0.39, 0.29) is 17.5 Å². The molecule has 0 aliphatic carbocycles. The van der Waals surface area contributed by atoms with Crippen molar-refractivity contribution in [2.45, 2.75) is 38.2 Å². The van der Waals surface area contributed by atoms with E-state index < -0.39 is 6.10 Å². The second-order valence-corrected chi connectivity index (χ2v) is 7.16.